The van der Waals surface area contributed by atoms with E-state index in [2.05, 4.69) is 24.1 Å². The van der Waals surface area contributed by atoms with Gasteiger partial charge in [0.25, 0.3) is 0 Å². The van der Waals surface area contributed by atoms with Gasteiger partial charge in [-0.15, -0.1) is 0 Å². The average molecular weight is 226 g/mol. The second-order valence-corrected chi connectivity index (χ2v) is 5.64. The molecule has 0 aromatic carbocycles. The molecule has 2 rings (SSSR count). The van der Waals surface area contributed by atoms with Crippen molar-refractivity contribution < 1.29 is 5.11 Å². The van der Waals surface area contributed by atoms with E-state index in [9.17, 15) is 5.11 Å². The summed E-state index contributed by atoms with van der Waals surface area (Å²) in [5, 5.41) is 13.2. The zero-order valence-electron chi connectivity index (χ0n) is 10.7. The number of nitrogens with one attached hydrogen (secondary N) is 1. The highest BCUT2D eigenvalue weighted by atomic mass is 16.3. The van der Waals surface area contributed by atoms with Gasteiger partial charge in [-0.25, -0.2) is 0 Å². The fraction of sp³-hybridized carbons (Fsp3) is 1.00. The third-order valence-corrected chi connectivity index (χ3v) is 4.54. The molecule has 94 valence electrons. The molecule has 2 N–H and O–H groups in total. The summed E-state index contributed by atoms with van der Waals surface area (Å²) in [7, 11) is 0. The molecule has 1 aliphatic heterocycles. The van der Waals surface area contributed by atoms with Crippen LogP contribution in [0.15, 0.2) is 0 Å². The van der Waals surface area contributed by atoms with Gasteiger partial charge in [-0.3, -0.25) is 0 Å². The van der Waals surface area contributed by atoms with Gasteiger partial charge in [-0.1, -0.05) is 6.92 Å². The Morgan fingerprint density at radius 1 is 1.44 bits per heavy atom. The number of hydrogen-bond acceptors (Lipinski definition) is 3. The zero-order valence-corrected chi connectivity index (χ0v) is 10.7. The summed E-state index contributed by atoms with van der Waals surface area (Å²) in [6.45, 7) is 7.25. The molecule has 2 fully saturated rings. The lowest BCUT2D eigenvalue weighted by Gasteiger charge is -2.47. The van der Waals surface area contributed by atoms with E-state index in [4.69, 9.17) is 0 Å². The first kappa shape index (κ1) is 12.3. The summed E-state index contributed by atoms with van der Waals surface area (Å²) in [6, 6.07) is 1.30. The Morgan fingerprint density at radius 2 is 2.19 bits per heavy atom. The number of piperidine rings is 1. The molecule has 0 radical (unpaired) electrons. The smallest absolute Gasteiger partial charge is 0.0613 e. The van der Waals surface area contributed by atoms with E-state index in [1.807, 2.05) is 0 Å². The summed E-state index contributed by atoms with van der Waals surface area (Å²) < 4.78 is 0. The Kier molecular flexibility index (Phi) is 3.88. The Hall–Kier alpha value is -0.120. The Balaban J connectivity index is 1.83. The Labute approximate surface area is 99.2 Å². The molecular formula is C13H26N2O. The summed E-state index contributed by atoms with van der Waals surface area (Å²) >= 11 is 0. The van der Waals surface area contributed by atoms with E-state index in [-0.39, 0.29) is 5.54 Å². The van der Waals surface area contributed by atoms with Crippen LogP contribution in [0.4, 0.5) is 0 Å². The number of aliphatic hydroxyl groups is 1. The third kappa shape index (κ3) is 2.41. The quantitative estimate of drug-likeness (QED) is 0.760. The van der Waals surface area contributed by atoms with Gasteiger partial charge in [0, 0.05) is 17.6 Å². The molecule has 1 saturated carbocycles. The van der Waals surface area contributed by atoms with Crippen LogP contribution in [-0.4, -0.2) is 47.3 Å². The Morgan fingerprint density at radius 3 is 2.62 bits per heavy atom. The SMILES string of the molecule is CCN1CCC(NC2(CO)CCC2)CC1C. The van der Waals surface area contributed by atoms with Crippen LogP contribution < -0.4 is 5.32 Å². The summed E-state index contributed by atoms with van der Waals surface area (Å²) in [6.07, 6.45) is 6.06. The van der Waals surface area contributed by atoms with E-state index in [1.165, 1.54) is 32.4 Å². The zero-order chi connectivity index (χ0) is 11.6. The van der Waals surface area contributed by atoms with Crippen LogP contribution in [0.1, 0.15) is 46.0 Å². The maximum atomic E-state index is 9.46. The highest BCUT2D eigenvalue weighted by Crippen LogP contribution is 2.33. The second-order valence-electron chi connectivity index (χ2n) is 5.64. The van der Waals surface area contributed by atoms with Gasteiger partial charge in [0.15, 0.2) is 0 Å². The largest absolute Gasteiger partial charge is 0.394 e. The first-order valence-electron chi connectivity index (χ1n) is 6.82. The van der Waals surface area contributed by atoms with Crippen LogP contribution in [0.2, 0.25) is 0 Å². The number of aliphatic hydroxyl groups excluding tert-OH is 1. The van der Waals surface area contributed by atoms with Crippen molar-refractivity contribution in [1.82, 2.24) is 10.2 Å². The fourth-order valence-electron chi connectivity index (χ4n) is 3.21. The highest BCUT2D eigenvalue weighted by Gasteiger charge is 2.39. The number of hydrogen-bond donors (Lipinski definition) is 2. The van der Waals surface area contributed by atoms with Crippen LogP contribution in [0.3, 0.4) is 0 Å². The minimum absolute atomic E-state index is 0.0821. The van der Waals surface area contributed by atoms with Crippen molar-refractivity contribution in [2.24, 2.45) is 0 Å². The van der Waals surface area contributed by atoms with Gasteiger partial charge < -0.3 is 15.3 Å². The lowest BCUT2D eigenvalue weighted by molar-refractivity contribution is 0.0531. The van der Waals surface area contributed by atoms with Gasteiger partial charge in [0.05, 0.1) is 6.61 Å². The molecule has 2 atom stereocenters. The molecule has 1 saturated heterocycles. The normalized spacial score (nSPS) is 34.7. The van der Waals surface area contributed by atoms with Crippen molar-refractivity contribution in [1.29, 1.82) is 0 Å². The molecular weight excluding hydrogens is 200 g/mol. The lowest BCUT2D eigenvalue weighted by atomic mass is 9.76. The van der Waals surface area contributed by atoms with Gasteiger partial charge in [0.1, 0.15) is 0 Å². The predicted molar refractivity (Wildman–Crippen MR) is 66.5 cm³/mol. The minimum atomic E-state index is 0.0821. The predicted octanol–water partition coefficient (Wildman–Crippen LogP) is 1.36. The second kappa shape index (κ2) is 5.03. The van der Waals surface area contributed by atoms with E-state index < -0.39 is 0 Å². The number of likely N-dealkylation sites (tertiary alicyclic amines) is 1. The summed E-state index contributed by atoms with van der Waals surface area (Å²) in [5.41, 5.74) is 0.0821. The first-order chi connectivity index (χ1) is 7.69. The number of rotatable bonds is 4. The molecule has 3 heteroatoms. The first-order valence-corrected chi connectivity index (χ1v) is 6.82. The molecule has 0 aromatic heterocycles. The van der Waals surface area contributed by atoms with Crippen molar-refractivity contribution in [3.05, 3.63) is 0 Å². The average Bonchev–Trinajstić information content (AvgIpc) is 2.24. The maximum Gasteiger partial charge on any atom is 0.0613 e. The van der Waals surface area contributed by atoms with Crippen LogP contribution in [0, 0.1) is 0 Å². The van der Waals surface area contributed by atoms with Crippen molar-refractivity contribution in [3.8, 4) is 0 Å². The maximum absolute atomic E-state index is 9.46. The minimum Gasteiger partial charge on any atom is -0.394 e. The standard InChI is InChI=1S/C13H26N2O/c1-3-15-8-5-12(9-11(15)2)14-13(10-16)6-4-7-13/h11-12,14,16H,3-10H2,1-2H3. The molecule has 0 amide bonds. The highest BCUT2D eigenvalue weighted by molar-refractivity contribution is 4.98. The van der Waals surface area contributed by atoms with Gasteiger partial charge in [-0.05, 0) is 52.1 Å². The Bertz CT molecular complexity index is 222. The molecule has 3 nitrogen and oxygen atoms in total. The van der Waals surface area contributed by atoms with Crippen LogP contribution in [0.5, 0.6) is 0 Å². The molecule has 2 aliphatic rings. The third-order valence-electron chi connectivity index (χ3n) is 4.54. The van der Waals surface area contributed by atoms with Crippen molar-refractivity contribution >= 4 is 0 Å². The summed E-state index contributed by atoms with van der Waals surface area (Å²) in [4.78, 5) is 2.55. The van der Waals surface area contributed by atoms with Gasteiger partial charge in [-0.2, -0.15) is 0 Å². The lowest BCUT2D eigenvalue weighted by Crippen LogP contribution is -2.60. The van der Waals surface area contributed by atoms with Crippen LogP contribution in [-0.2, 0) is 0 Å². The van der Waals surface area contributed by atoms with Crippen molar-refractivity contribution in [3.63, 3.8) is 0 Å². The van der Waals surface area contributed by atoms with E-state index >= 15 is 0 Å². The van der Waals surface area contributed by atoms with Gasteiger partial charge >= 0.3 is 0 Å². The van der Waals surface area contributed by atoms with Crippen molar-refractivity contribution in [2.45, 2.75) is 63.6 Å². The van der Waals surface area contributed by atoms with E-state index in [0.29, 0.717) is 18.7 Å². The molecule has 1 heterocycles. The molecule has 0 aromatic rings. The monoisotopic (exact) mass is 226 g/mol. The van der Waals surface area contributed by atoms with Crippen LogP contribution in [0.25, 0.3) is 0 Å². The fourth-order valence-corrected chi connectivity index (χ4v) is 3.21. The topological polar surface area (TPSA) is 35.5 Å². The van der Waals surface area contributed by atoms with E-state index in [1.54, 1.807) is 0 Å². The van der Waals surface area contributed by atoms with Crippen LogP contribution >= 0.6 is 0 Å². The van der Waals surface area contributed by atoms with E-state index in [0.717, 1.165) is 12.8 Å². The van der Waals surface area contributed by atoms with Gasteiger partial charge in [0.2, 0.25) is 0 Å². The molecule has 0 spiro atoms. The van der Waals surface area contributed by atoms with Crippen molar-refractivity contribution in [2.75, 3.05) is 19.7 Å². The molecule has 2 unspecified atom stereocenters. The molecule has 1 aliphatic carbocycles. The summed E-state index contributed by atoms with van der Waals surface area (Å²) in [5.74, 6) is 0. The number of nitrogens with zero attached hydrogens (tertiary/aromatic N) is 1. The molecule has 16 heavy (non-hydrogen) atoms. The molecule has 0 bridgehead atoms.